The summed E-state index contributed by atoms with van der Waals surface area (Å²) in [6, 6.07) is 14.2. The summed E-state index contributed by atoms with van der Waals surface area (Å²) in [5.74, 6) is 0.361. The van der Waals surface area contributed by atoms with Crippen molar-refractivity contribution in [1.29, 1.82) is 0 Å². The molecule has 0 unspecified atom stereocenters. The molecule has 0 amide bonds. The van der Waals surface area contributed by atoms with Crippen LogP contribution in [0, 0.1) is 0 Å². The summed E-state index contributed by atoms with van der Waals surface area (Å²) < 4.78 is 6.48. The summed E-state index contributed by atoms with van der Waals surface area (Å²) in [6.07, 6.45) is -1.83. The zero-order valence-corrected chi connectivity index (χ0v) is 11.5. The van der Waals surface area contributed by atoms with E-state index in [0.29, 0.717) is 16.9 Å². The molecule has 2 aromatic rings. The minimum absolute atomic E-state index is 0.175. The van der Waals surface area contributed by atoms with Crippen molar-refractivity contribution in [1.82, 2.24) is 0 Å². The normalized spacial score (nSPS) is 18.8. The van der Waals surface area contributed by atoms with Crippen LogP contribution in [0.3, 0.4) is 0 Å². The van der Waals surface area contributed by atoms with Gasteiger partial charge < -0.3 is 9.84 Å². The van der Waals surface area contributed by atoms with E-state index in [1.54, 1.807) is 36.4 Å². The highest BCUT2D eigenvalue weighted by atomic mass is 79.9. The van der Waals surface area contributed by atoms with E-state index in [1.165, 1.54) is 0 Å². The van der Waals surface area contributed by atoms with Crippen LogP contribution in [0.15, 0.2) is 53.0 Å². The van der Waals surface area contributed by atoms with E-state index >= 15 is 0 Å². The number of Topliss-reactive ketones (excluding diaryl/α,β-unsaturated/α-hetero) is 1. The fourth-order valence-corrected chi connectivity index (χ4v) is 2.42. The van der Waals surface area contributed by atoms with Crippen molar-refractivity contribution in [2.75, 3.05) is 0 Å². The fourth-order valence-electron chi connectivity index (χ4n) is 2.16. The zero-order valence-electron chi connectivity index (χ0n) is 9.92. The van der Waals surface area contributed by atoms with Crippen molar-refractivity contribution in [3.63, 3.8) is 0 Å². The molecule has 1 aliphatic rings. The molecule has 2 atom stereocenters. The maximum absolute atomic E-state index is 12.2. The highest BCUT2D eigenvalue weighted by Gasteiger charge is 2.37. The first kappa shape index (κ1) is 12.4. The number of fused-ring (bicyclic) bond motifs is 1. The molecule has 1 aliphatic heterocycles. The fraction of sp³-hybridized carbons (Fsp3) is 0.133. The number of ketones is 1. The van der Waals surface area contributed by atoms with Gasteiger partial charge in [-0.3, -0.25) is 4.79 Å². The van der Waals surface area contributed by atoms with Crippen LogP contribution in [-0.2, 0) is 0 Å². The van der Waals surface area contributed by atoms with E-state index in [2.05, 4.69) is 15.9 Å². The molecule has 0 aromatic heterocycles. The Kier molecular flexibility index (Phi) is 3.12. The van der Waals surface area contributed by atoms with Crippen LogP contribution in [0.1, 0.15) is 22.0 Å². The van der Waals surface area contributed by atoms with Crippen LogP contribution < -0.4 is 4.74 Å². The number of benzene rings is 2. The number of hydrogen-bond acceptors (Lipinski definition) is 3. The second kappa shape index (κ2) is 4.79. The summed E-state index contributed by atoms with van der Waals surface area (Å²) in [5, 5.41) is 10.3. The van der Waals surface area contributed by atoms with Gasteiger partial charge in [-0.2, -0.15) is 0 Å². The summed E-state index contributed by atoms with van der Waals surface area (Å²) in [4.78, 5) is 12.2. The maximum atomic E-state index is 12.2. The largest absolute Gasteiger partial charge is 0.478 e. The molecule has 0 radical (unpaired) electrons. The number of aliphatic hydroxyl groups is 1. The van der Waals surface area contributed by atoms with Gasteiger partial charge in [0.15, 0.2) is 6.10 Å². The third kappa shape index (κ3) is 2.17. The third-order valence-corrected chi connectivity index (χ3v) is 3.69. The number of carbonyl (C=O) groups excluding carboxylic acids is 1. The Morgan fingerprint density at radius 1 is 1.11 bits per heavy atom. The molecular formula is C15H11BrO3. The van der Waals surface area contributed by atoms with Gasteiger partial charge in [0.25, 0.3) is 0 Å². The van der Waals surface area contributed by atoms with Crippen molar-refractivity contribution in [2.45, 2.75) is 12.2 Å². The van der Waals surface area contributed by atoms with Crippen molar-refractivity contribution >= 4 is 21.7 Å². The first-order valence-corrected chi connectivity index (χ1v) is 6.69. The van der Waals surface area contributed by atoms with Gasteiger partial charge in [0.05, 0.1) is 5.56 Å². The van der Waals surface area contributed by atoms with Crippen LogP contribution in [-0.4, -0.2) is 17.0 Å². The number of hydrogen-bond donors (Lipinski definition) is 1. The van der Waals surface area contributed by atoms with E-state index in [9.17, 15) is 9.90 Å². The van der Waals surface area contributed by atoms with Gasteiger partial charge in [0, 0.05) is 4.47 Å². The Balaban J connectivity index is 1.89. The molecule has 3 rings (SSSR count). The molecular weight excluding hydrogens is 308 g/mol. The standard InChI is InChI=1S/C15H11BrO3/c16-10-7-5-9(6-8-10)13(17)15-14(18)11-3-1-2-4-12(11)19-15/h1-8,13,15,17H/t13-,15+/m1/s1. The number of ether oxygens (including phenoxy) is 1. The lowest BCUT2D eigenvalue weighted by Crippen LogP contribution is -2.28. The Morgan fingerprint density at radius 2 is 1.79 bits per heavy atom. The molecule has 96 valence electrons. The molecule has 0 aliphatic carbocycles. The third-order valence-electron chi connectivity index (χ3n) is 3.16. The number of aliphatic hydroxyl groups excluding tert-OH is 1. The Bertz CT molecular complexity index is 622. The van der Waals surface area contributed by atoms with Crippen LogP contribution in [0.4, 0.5) is 0 Å². The predicted molar refractivity (Wildman–Crippen MR) is 74.3 cm³/mol. The van der Waals surface area contributed by atoms with E-state index in [1.807, 2.05) is 12.1 Å². The predicted octanol–water partition coefficient (Wildman–Crippen LogP) is 3.13. The van der Waals surface area contributed by atoms with E-state index in [4.69, 9.17) is 4.74 Å². The van der Waals surface area contributed by atoms with Crippen LogP contribution in [0.25, 0.3) is 0 Å². The minimum Gasteiger partial charge on any atom is -0.478 e. The number of rotatable bonds is 2. The molecule has 1 heterocycles. The molecule has 0 spiro atoms. The number of carbonyl (C=O) groups is 1. The highest BCUT2D eigenvalue weighted by Crippen LogP contribution is 2.34. The molecule has 0 bridgehead atoms. The maximum Gasteiger partial charge on any atom is 0.210 e. The van der Waals surface area contributed by atoms with Gasteiger partial charge in [-0.25, -0.2) is 0 Å². The average Bonchev–Trinajstić information content (AvgIpc) is 2.77. The van der Waals surface area contributed by atoms with Gasteiger partial charge in [-0.05, 0) is 29.8 Å². The Labute approximate surface area is 119 Å². The molecule has 0 fully saturated rings. The minimum atomic E-state index is -0.965. The number of para-hydroxylation sites is 1. The molecule has 2 aromatic carbocycles. The molecule has 19 heavy (non-hydrogen) atoms. The van der Waals surface area contributed by atoms with Crippen molar-refractivity contribution in [2.24, 2.45) is 0 Å². The van der Waals surface area contributed by atoms with Crippen molar-refractivity contribution in [3.05, 3.63) is 64.1 Å². The lowest BCUT2D eigenvalue weighted by atomic mass is 9.99. The molecule has 0 saturated heterocycles. The smallest absolute Gasteiger partial charge is 0.210 e. The Hall–Kier alpha value is -1.65. The molecule has 3 nitrogen and oxygen atoms in total. The summed E-state index contributed by atoms with van der Waals surface area (Å²) in [5.41, 5.74) is 1.19. The molecule has 0 saturated carbocycles. The quantitative estimate of drug-likeness (QED) is 0.925. The second-order valence-corrected chi connectivity index (χ2v) is 5.31. The monoisotopic (exact) mass is 318 g/mol. The first-order chi connectivity index (χ1) is 9.16. The van der Waals surface area contributed by atoms with Gasteiger partial charge >= 0.3 is 0 Å². The Morgan fingerprint density at radius 3 is 2.47 bits per heavy atom. The lowest BCUT2D eigenvalue weighted by Gasteiger charge is -2.17. The van der Waals surface area contributed by atoms with Crippen molar-refractivity contribution < 1.29 is 14.6 Å². The topological polar surface area (TPSA) is 46.5 Å². The van der Waals surface area contributed by atoms with Gasteiger partial charge in [0.2, 0.25) is 5.78 Å². The SMILES string of the molecule is O=C1c2ccccc2O[C@H]1[C@H](O)c1ccc(Br)cc1. The highest BCUT2D eigenvalue weighted by molar-refractivity contribution is 9.10. The van der Waals surface area contributed by atoms with Gasteiger partial charge in [0.1, 0.15) is 11.9 Å². The second-order valence-electron chi connectivity index (χ2n) is 4.40. The van der Waals surface area contributed by atoms with Crippen molar-refractivity contribution in [3.8, 4) is 5.75 Å². The summed E-state index contributed by atoms with van der Waals surface area (Å²) in [6.45, 7) is 0. The summed E-state index contributed by atoms with van der Waals surface area (Å²) >= 11 is 3.33. The van der Waals surface area contributed by atoms with Gasteiger partial charge in [-0.1, -0.05) is 40.2 Å². The first-order valence-electron chi connectivity index (χ1n) is 5.90. The van der Waals surface area contributed by atoms with E-state index in [0.717, 1.165) is 4.47 Å². The summed E-state index contributed by atoms with van der Waals surface area (Å²) in [7, 11) is 0. The van der Waals surface area contributed by atoms with Crippen LogP contribution >= 0.6 is 15.9 Å². The molecule has 4 heteroatoms. The van der Waals surface area contributed by atoms with Gasteiger partial charge in [-0.15, -0.1) is 0 Å². The van der Waals surface area contributed by atoms with E-state index in [-0.39, 0.29) is 5.78 Å². The lowest BCUT2D eigenvalue weighted by molar-refractivity contribution is 0.0407. The van der Waals surface area contributed by atoms with Crippen LogP contribution in [0.5, 0.6) is 5.75 Å². The average molecular weight is 319 g/mol. The van der Waals surface area contributed by atoms with E-state index < -0.39 is 12.2 Å². The molecule has 1 N–H and O–H groups in total. The van der Waals surface area contributed by atoms with Crippen LogP contribution in [0.2, 0.25) is 0 Å². The number of halogens is 1. The zero-order chi connectivity index (χ0) is 13.4.